The highest BCUT2D eigenvalue weighted by atomic mass is 35.5. The summed E-state index contributed by atoms with van der Waals surface area (Å²) in [6.07, 6.45) is 5.40. The van der Waals surface area contributed by atoms with Crippen molar-refractivity contribution >= 4 is 76.4 Å². The van der Waals surface area contributed by atoms with E-state index in [1.165, 1.54) is 29.6 Å². The number of unbranched alkanes of at least 4 members (excludes halogenated alkanes) is 2. The molecule has 5 rings (SSSR count). The lowest BCUT2D eigenvalue weighted by atomic mass is 9.93. The number of imide groups is 1. The predicted molar refractivity (Wildman–Crippen MR) is 234 cm³/mol. The van der Waals surface area contributed by atoms with Crippen LogP contribution in [0.4, 0.5) is 38.4 Å². The van der Waals surface area contributed by atoms with Crippen molar-refractivity contribution in [1.82, 2.24) is 14.7 Å². The normalized spacial score (nSPS) is 14.5. The summed E-state index contributed by atoms with van der Waals surface area (Å²) in [4.78, 5) is 85.7. The van der Waals surface area contributed by atoms with Gasteiger partial charge in [-0.05, 0) is 56.7 Å². The number of sulfonamides is 1. The van der Waals surface area contributed by atoms with Gasteiger partial charge in [-0.2, -0.15) is 27.5 Å². The maximum Gasteiger partial charge on any atom is 0.388 e. The number of benzene rings is 2. The Balaban J connectivity index is 0.000000306. The van der Waals surface area contributed by atoms with Gasteiger partial charge in [-0.25, -0.2) is 36.8 Å². The monoisotopic (exact) mass is 1060 g/mol. The number of hydrogen-bond donors (Lipinski definition) is 6. The van der Waals surface area contributed by atoms with Crippen molar-refractivity contribution in [2.75, 3.05) is 36.3 Å². The molecule has 4 amide bonds. The molecule has 0 radical (unpaired) electrons. The Bertz CT molecular complexity index is 2550. The van der Waals surface area contributed by atoms with E-state index in [0.717, 1.165) is 55.2 Å². The zero-order chi connectivity index (χ0) is 52.5. The van der Waals surface area contributed by atoms with E-state index in [1.54, 1.807) is 5.32 Å². The Kier molecular flexibility index (Phi) is 21.9. The van der Waals surface area contributed by atoms with Gasteiger partial charge in [0.25, 0.3) is 21.8 Å². The van der Waals surface area contributed by atoms with E-state index < -0.39 is 113 Å². The molecule has 384 valence electrons. The largest absolute Gasteiger partial charge is 0.480 e. The van der Waals surface area contributed by atoms with Crippen LogP contribution >= 0.6 is 19.0 Å². The molecule has 30 heteroatoms. The third kappa shape index (κ3) is 18.1. The lowest BCUT2D eigenvalue weighted by Crippen LogP contribution is -2.35. The third-order valence-electron chi connectivity index (χ3n) is 9.12. The quantitative estimate of drug-likeness (QED) is 0.0252. The maximum atomic E-state index is 14.5. The van der Waals surface area contributed by atoms with Gasteiger partial charge in [0.05, 0.1) is 28.9 Å². The Morgan fingerprint density at radius 3 is 2.03 bits per heavy atom. The van der Waals surface area contributed by atoms with Gasteiger partial charge in [0.1, 0.15) is 22.5 Å². The first-order valence-corrected chi connectivity index (χ1v) is 24.5. The minimum absolute atomic E-state index is 0.000883. The Hall–Kier alpha value is -6.48. The molecule has 2 unspecified atom stereocenters. The van der Waals surface area contributed by atoms with Crippen molar-refractivity contribution in [3.05, 3.63) is 70.0 Å². The number of carboxylic acid groups (broad SMARTS) is 2. The number of nitrogens with one attached hydrogen (secondary N) is 2. The lowest BCUT2D eigenvalue weighted by molar-refractivity contribution is -0.146. The summed E-state index contributed by atoms with van der Waals surface area (Å²) in [5, 5.41) is 19.0. The van der Waals surface area contributed by atoms with Crippen LogP contribution in [0.1, 0.15) is 68.6 Å². The van der Waals surface area contributed by atoms with Crippen LogP contribution in [0.3, 0.4) is 0 Å². The van der Waals surface area contributed by atoms with Crippen molar-refractivity contribution in [2.24, 2.45) is 5.73 Å². The number of ether oxygens (including phenoxy) is 4. The van der Waals surface area contributed by atoms with Crippen LogP contribution in [0.25, 0.3) is 0 Å². The van der Waals surface area contributed by atoms with Crippen LogP contribution in [0.15, 0.2) is 58.5 Å². The lowest BCUT2D eigenvalue weighted by Gasteiger charge is -2.18. The van der Waals surface area contributed by atoms with Gasteiger partial charge in [-0.15, -0.1) is 0 Å². The van der Waals surface area contributed by atoms with Gasteiger partial charge in [0.15, 0.2) is 14.0 Å². The smallest absolute Gasteiger partial charge is 0.388 e. The molecular formula is C40H45ClF5N6O16PS. The van der Waals surface area contributed by atoms with Crippen molar-refractivity contribution in [1.29, 1.82) is 0 Å². The summed E-state index contributed by atoms with van der Waals surface area (Å²) in [5.74, 6) is -8.00. The zero-order valence-electron chi connectivity index (χ0n) is 36.7. The summed E-state index contributed by atoms with van der Waals surface area (Å²) in [7, 11) is -7.82. The fourth-order valence-corrected chi connectivity index (χ4v) is 7.99. The maximum absolute atomic E-state index is 14.5. The Morgan fingerprint density at radius 1 is 0.943 bits per heavy atom. The molecule has 7 N–H and O–H groups in total. The number of carbonyl (C=O) groups is 6. The number of nitrogens with zero attached hydrogens (tertiary/aromatic N) is 3. The number of aliphatic carboxylic acids is 1. The van der Waals surface area contributed by atoms with Crippen molar-refractivity contribution in [3.8, 4) is 17.5 Å². The highest BCUT2D eigenvalue weighted by molar-refractivity contribution is 7.90. The molecule has 1 aliphatic carbocycles. The molecule has 0 bridgehead atoms. The number of urea groups is 1. The first-order chi connectivity index (χ1) is 32.7. The molecule has 0 saturated carbocycles. The van der Waals surface area contributed by atoms with E-state index in [4.69, 9.17) is 41.9 Å². The minimum atomic E-state index is -4.71. The van der Waals surface area contributed by atoms with Crippen molar-refractivity contribution < 1.29 is 97.8 Å². The van der Waals surface area contributed by atoms with Crippen LogP contribution in [0.2, 0.25) is 5.02 Å². The van der Waals surface area contributed by atoms with Crippen LogP contribution in [-0.4, -0.2) is 115 Å². The summed E-state index contributed by atoms with van der Waals surface area (Å²) in [5.41, 5.74) is 5.12. The number of aromatic nitrogens is 2. The number of carbonyl (C=O) groups excluding carboxylic acids is 4. The molecule has 22 nitrogen and oxygen atoms in total. The van der Waals surface area contributed by atoms with Crippen LogP contribution in [0, 0.1) is 5.82 Å². The molecule has 0 fully saturated rings. The molecule has 1 aromatic heterocycles. The summed E-state index contributed by atoms with van der Waals surface area (Å²) < 4.78 is 119. The second-order valence-electron chi connectivity index (χ2n) is 14.6. The summed E-state index contributed by atoms with van der Waals surface area (Å²) >= 11 is 6.02. The zero-order valence-corrected chi connectivity index (χ0v) is 39.2. The van der Waals surface area contributed by atoms with Crippen molar-refractivity contribution in [3.63, 3.8) is 0 Å². The van der Waals surface area contributed by atoms with Gasteiger partial charge in [0, 0.05) is 30.0 Å². The number of esters is 1. The molecule has 0 spiro atoms. The van der Waals surface area contributed by atoms with Gasteiger partial charge < -0.3 is 39.8 Å². The summed E-state index contributed by atoms with van der Waals surface area (Å²) in [6.45, 7) is -3.70. The van der Waals surface area contributed by atoms with E-state index in [9.17, 15) is 63.7 Å². The molecular weight excluding hydrogens is 1010 g/mol. The van der Waals surface area contributed by atoms with E-state index in [2.05, 4.69) is 19.4 Å². The second-order valence-corrected chi connectivity index (χ2v) is 19.2. The number of rotatable bonds is 20. The van der Waals surface area contributed by atoms with E-state index >= 15 is 0 Å². The number of nitrogens with two attached hydrogens (primary N) is 1. The molecule has 0 saturated heterocycles. The number of carboxylic acids is 2. The fraction of sp³-hybridized carbons (Fsp3) is 0.400. The number of amides is 4. The predicted octanol–water partition coefficient (Wildman–Crippen LogP) is 5.91. The van der Waals surface area contributed by atoms with Gasteiger partial charge in [-0.3, -0.25) is 24.3 Å². The van der Waals surface area contributed by atoms with E-state index in [0.29, 0.717) is 36.7 Å². The molecule has 2 aliphatic rings. The standard InChI is InChI=1S/C21H23ClFNO5.C14H10F4N4O7S.C5H12NO4P/c1-2-3-6-9-28-19(25)12-29-18-11-17(16(23)10-15(18)22)24-20(26)13-7-4-5-8-14(13)21(24)27;15-11(16)28-8-5-9(29-12(17)18)20-13(19-8)21-14(25)22-30(26,27)7-4-2-1-3-6(7)10(23)24;1-11(9,10)3-2-4(6)5(7)8/h10-11H,2-9,12H2,1H3;1-5,11-12H,(H,23,24)(H2,19,20,21,22,25);4H,2-3,6H2,1H3,(H,7,8)(H,9,10). The number of aromatic carboxylic acids is 1. The molecule has 1 aliphatic heterocycles. The molecule has 70 heavy (non-hydrogen) atoms. The molecule has 2 heterocycles. The van der Waals surface area contributed by atoms with Crippen LogP contribution in [-0.2, 0) is 38.5 Å². The molecule has 2 atom stereocenters. The Labute approximate surface area is 399 Å². The third-order valence-corrected chi connectivity index (χ3v) is 11.9. The second kappa shape index (κ2) is 26.5. The SMILES string of the molecule is CCCCCOC(=O)COc1cc(N2C(=O)C3=C(CCCC3)C2=O)c(F)cc1Cl.CP(=O)(O)CCC(N)C(=O)O.O=C(Nc1nc(OC(F)F)cc(OC(F)F)n1)NS(=O)(=O)c1ccccc1C(=O)O. The number of hydrogen-bond acceptors (Lipinski definition) is 16. The van der Waals surface area contributed by atoms with Gasteiger partial charge >= 0.3 is 37.2 Å². The highest BCUT2D eigenvalue weighted by Gasteiger charge is 2.41. The molecule has 2 aromatic carbocycles. The number of alkyl halides is 4. The van der Waals surface area contributed by atoms with Gasteiger partial charge in [0.2, 0.25) is 17.7 Å². The average Bonchev–Trinajstić information content (AvgIpc) is 3.51. The number of anilines is 2. The molecule has 3 aromatic rings. The Morgan fingerprint density at radius 2 is 1.51 bits per heavy atom. The summed E-state index contributed by atoms with van der Waals surface area (Å²) in [6, 6.07) is 4.34. The highest BCUT2D eigenvalue weighted by Crippen LogP contribution is 2.40. The topological polar surface area (TPSA) is 330 Å². The first kappa shape index (κ1) is 57.8. The van der Waals surface area contributed by atoms with E-state index in [-0.39, 0.29) is 29.0 Å². The minimum Gasteiger partial charge on any atom is -0.480 e. The van der Waals surface area contributed by atoms with Gasteiger partial charge in [-0.1, -0.05) is 43.5 Å². The van der Waals surface area contributed by atoms with Crippen LogP contribution < -0.4 is 34.9 Å². The van der Waals surface area contributed by atoms with Crippen molar-refractivity contribution in [2.45, 2.75) is 82.5 Å². The van der Waals surface area contributed by atoms with E-state index in [1.807, 2.05) is 6.92 Å². The first-order valence-electron chi connectivity index (χ1n) is 20.3. The fourth-order valence-electron chi connectivity index (χ4n) is 5.92. The van der Waals surface area contributed by atoms with Crippen LogP contribution in [0.5, 0.6) is 17.5 Å². The number of halogens is 6. The average molecular weight is 1060 g/mol.